The minimum Gasteiger partial charge on any atom is -0.372 e. The summed E-state index contributed by atoms with van der Waals surface area (Å²) in [7, 11) is 2.27. The Labute approximate surface area is 302 Å². The number of piperidine rings is 2. The molecule has 0 unspecified atom stereocenters. The van der Waals surface area contributed by atoms with Crippen molar-refractivity contribution in [2.75, 3.05) is 47.9 Å². The van der Waals surface area contributed by atoms with Gasteiger partial charge in [-0.05, 0) is 166 Å². The lowest BCUT2D eigenvalue weighted by Gasteiger charge is -2.35. The van der Waals surface area contributed by atoms with Crippen LogP contribution in [0.2, 0.25) is 0 Å². The molecule has 0 atom stereocenters. The average Bonchev–Trinajstić information content (AvgIpc) is 3.20. The van der Waals surface area contributed by atoms with Crippen molar-refractivity contribution in [3.05, 3.63) is 132 Å². The third-order valence-electron chi connectivity index (χ3n) is 12.4. The second kappa shape index (κ2) is 12.6. The number of rotatable bonds is 4. The topological polar surface area (TPSA) is 9.72 Å². The van der Waals surface area contributed by atoms with Crippen LogP contribution in [0.3, 0.4) is 0 Å². The van der Waals surface area contributed by atoms with Crippen LogP contribution in [-0.2, 0) is 6.42 Å². The molecule has 2 saturated heterocycles. The van der Waals surface area contributed by atoms with Crippen LogP contribution in [-0.4, -0.2) is 33.2 Å². The standard InChI is InChI=1S/C48H47N3/c1-49-45-15-7-6-14-35(45)29-36-17-19-38(30-46(36)49)48-42-23-21-39(50-24-8-2-9-25-50)31-43(42)47(37-18-16-33-12-4-5-13-34(33)28-37)41-22-20-40(32-44(41)48)51-26-10-3-11-27-51/h4-7,12-16,18,20-23,28,30-32H,2-3,8-11,17,19,24-27,29H2,1H3. The predicted molar refractivity (Wildman–Crippen MR) is 219 cm³/mol. The molecular formula is C48H47N3. The Hall–Kier alpha value is -5.02. The number of anilines is 3. The summed E-state index contributed by atoms with van der Waals surface area (Å²) in [6, 6.07) is 39.8. The molecule has 10 rings (SSSR count). The van der Waals surface area contributed by atoms with Gasteiger partial charge in [0.2, 0.25) is 0 Å². The Morgan fingerprint density at radius 3 is 1.86 bits per heavy atom. The molecule has 3 aliphatic heterocycles. The first-order valence-corrected chi connectivity index (χ1v) is 19.5. The highest BCUT2D eigenvalue weighted by Crippen LogP contribution is 2.48. The van der Waals surface area contributed by atoms with Crippen molar-refractivity contribution in [1.29, 1.82) is 0 Å². The van der Waals surface area contributed by atoms with Crippen molar-refractivity contribution >= 4 is 55.0 Å². The van der Waals surface area contributed by atoms with Gasteiger partial charge in [-0.1, -0.05) is 66.7 Å². The van der Waals surface area contributed by atoms with E-state index in [1.165, 1.54) is 121 Å². The first kappa shape index (κ1) is 30.8. The first-order chi connectivity index (χ1) is 25.2. The molecule has 0 aromatic heterocycles. The molecule has 51 heavy (non-hydrogen) atoms. The lowest BCUT2D eigenvalue weighted by atomic mass is 9.80. The molecule has 3 heterocycles. The molecule has 254 valence electrons. The van der Waals surface area contributed by atoms with E-state index in [4.69, 9.17) is 0 Å². The van der Waals surface area contributed by atoms with Gasteiger partial charge in [0.15, 0.2) is 0 Å². The van der Waals surface area contributed by atoms with Gasteiger partial charge in [-0.3, -0.25) is 0 Å². The van der Waals surface area contributed by atoms with Crippen LogP contribution in [0.15, 0.2) is 120 Å². The zero-order valence-electron chi connectivity index (χ0n) is 29.9. The van der Waals surface area contributed by atoms with Crippen molar-refractivity contribution in [3.8, 4) is 11.1 Å². The van der Waals surface area contributed by atoms with E-state index in [-0.39, 0.29) is 0 Å². The van der Waals surface area contributed by atoms with Crippen LogP contribution in [0.25, 0.3) is 49.0 Å². The molecule has 0 bridgehead atoms. The third-order valence-corrected chi connectivity index (χ3v) is 12.4. The Bertz CT molecular complexity index is 2380. The number of fused-ring (bicyclic) bond motifs is 4. The number of benzene rings is 6. The summed E-state index contributed by atoms with van der Waals surface area (Å²) < 4.78 is 0. The molecule has 0 saturated carbocycles. The fourth-order valence-corrected chi connectivity index (χ4v) is 9.71. The van der Waals surface area contributed by atoms with Gasteiger partial charge in [0.25, 0.3) is 0 Å². The maximum atomic E-state index is 2.63. The van der Waals surface area contributed by atoms with Crippen LogP contribution in [0, 0.1) is 0 Å². The van der Waals surface area contributed by atoms with Gasteiger partial charge in [0.05, 0.1) is 0 Å². The molecule has 1 aliphatic carbocycles. The van der Waals surface area contributed by atoms with E-state index in [2.05, 4.69) is 131 Å². The molecule has 0 amide bonds. The highest BCUT2D eigenvalue weighted by molar-refractivity contribution is 6.20. The predicted octanol–water partition coefficient (Wildman–Crippen LogP) is 11.9. The van der Waals surface area contributed by atoms with E-state index >= 15 is 0 Å². The molecule has 0 radical (unpaired) electrons. The van der Waals surface area contributed by atoms with E-state index in [0.717, 1.165) is 45.4 Å². The summed E-state index contributed by atoms with van der Waals surface area (Å²) >= 11 is 0. The van der Waals surface area contributed by atoms with E-state index in [9.17, 15) is 0 Å². The minimum absolute atomic E-state index is 1.06. The van der Waals surface area contributed by atoms with E-state index < -0.39 is 0 Å². The van der Waals surface area contributed by atoms with Gasteiger partial charge >= 0.3 is 0 Å². The maximum Gasteiger partial charge on any atom is 0.0443 e. The fourth-order valence-electron chi connectivity index (χ4n) is 9.71. The molecule has 3 heteroatoms. The van der Waals surface area contributed by atoms with Crippen LogP contribution in [0.4, 0.5) is 17.1 Å². The number of para-hydroxylation sites is 1. The largest absolute Gasteiger partial charge is 0.372 e. The summed E-state index contributed by atoms with van der Waals surface area (Å²) in [4.78, 5) is 7.71. The van der Waals surface area contributed by atoms with Crippen molar-refractivity contribution < 1.29 is 0 Å². The number of allylic oxidation sites excluding steroid dienone is 3. The van der Waals surface area contributed by atoms with Crippen molar-refractivity contribution in [1.82, 2.24) is 0 Å². The summed E-state index contributed by atoms with van der Waals surface area (Å²) in [5.41, 5.74) is 14.1. The molecular weight excluding hydrogens is 619 g/mol. The van der Waals surface area contributed by atoms with Crippen LogP contribution in [0.1, 0.15) is 62.5 Å². The van der Waals surface area contributed by atoms with Gasteiger partial charge in [-0.2, -0.15) is 0 Å². The summed E-state index contributed by atoms with van der Waals surface area (Å²) in [5, 5.41) is 8.12. The lowest BCUT2D eigenvalue weighted by molar-refractivity contribution is 0.578. The minimum atomic E-state index is 1.06. The average molecular weight is 666 g/mol. The number of likely N-dealkylation sites (N-methyl/N-ethyl adjacent to an activating group) is 1. The second-order valence-electron chi connectivity index (χ2n) is 15.4. The maximum absolute atomic E-state index is 2.63. The zero-order chi connectivity index (χ0) is 33.9. The van der Waals surface area contributed by atoms with E-state index in [1.807, 2.05) is 0 Å². The summed E-state index contributed by atoms with van der Waals surface area (Å²) in [5.74, 6) is 0. The van der Waals surface area contributed by atoms with Crippen molar-refractivity contribution in [3.63, 3.8) is 0 Å². The van der Waals surface area contributed by atoms with Gasteiger partial charge in [-0.15, -0.1) is 0 Å². The van der Waals surface area contributed by atoms with Gasteiger partial charge < -0.3 is 14.7 Å². The van der Waals surface area contributed by atoms with Crippen LogP contribution < -0.4 is 14.7 Å². The zero-order valence-corrected chi connectivity index (χ0v) is 29.9. The Balaban J connectivity index is 1.25. The molecule has 4 aliphatic rings. The monoisotopic (exact) mass is 665 g/mol. The SMILES string of the molecule is CN1C2=C(CCC(c3c4cc(N5CCCCC5)ccc4c(-c4ccc5ccccc5c4)c4cc(N5CCCCC5)ccc34)=C2)Cc2ccccc21. The molecule has 6 aromatic carbocycles. The Morgan fingerprint density at radius 2 is 1.14 bits per heavy atom. The third kappa shape index (κ3) is 5.32. The smallest absolute Gasteiger partial charge is 0.0443 e. The normalized spacial score (nSPS) is 18.0. The van der Waals surface area contributed by atoms with Gasteiger partial charge in [-0.25, -0.2) is 0 Å². The van der Waals surface area contributed by atoms with Crippen molar-refractivity contribution in [2.45, 2.75) is 57.8 Å². The second-order valence-corrected chi connectivity index (χ2v) is 15.4. The van der Waals surface area contributed by atoms with Crippen LogP contribution >= 0.6 is 0 Å². The van der Waals surface area contributed by atoms with Gasteiger partial charge in [0, 0.05) is 56.0 Å². The van der Waals surface area contributed by atoms with E-state index in [0.29, 0.717) is 0 Å². The van der Waals surface area contributed by atoms with E-state index in [1.54, 1.807) is 5.57 Å². The number of nitrogens with zero attached hydrogens (tertiary/aromatic N) is 3. The first-order valence-electron chi connectivity index (χ1n) is 19.5. The summed E-state index contributed by atoms with van der Waals surface area (Å²) in [6.07, 6.45) is 13.6. The quantitative estimate of drug-likeness (QED) is 0.174. The number of hydrogen-bond acceptors (Lipinski definition) is 3. The molecule has 3 nitrogen and oxygen atoms in total. The highest BCUT2D eigenvalue weighted by Gasteiger charge is 2.28. The molecule has 6 aromatic rings. The number of hydrogen-bond donors (Lipinski definition) is 0. The Kier molecular flexibility index (Phi) is 7.62. The fraction of sp³-hybridized carbons (Fsp3) is 0.292. The van der Waals surface area contributed by atoms with Crippen LogP contribution in [0.5, 0.6) is 0 Å². The lowest BCUT2D eigenvalue weighted by Crippen LogP contribution is -2.29. The Morgan fingerprint density at radius 1 is 0.510 bits per heavy atom. The van der Waals surface area contributed by atoms with Gasteiger partial charge in [0.1, 0.15) is 0 Å². The molecule has 0 spiro atoms. The molecule has 2 fully saturated rings. The van der Waals surface area contributed by atoms with Crippen molar-refractivity contribution in [2.24, 2.45) is 0 Å². The summed E-state index contributed by atoms with van der Waals surface area (Å²) in [6.45, 7) is 4.58. The highest BCUT2D eigenvalue weighted by atomic mass is 15.1. The molecule has 0 N–H and O–H groups in total.